The van der Waals surface area contributed by atoms with Crippen molar-refractivity contribution in [2.75, 3.05) is 0 Å². The van der Waals surface area contributed by atoms with Gasteiger partial charge in [0.1, 0.15) is 22.5 Å². The second-order valence-electron chi connectivity index (χ2n) is 14.3. The quantitative estimate of drug-likeness (QED) is 0.171. The van der Waals surface area contributed by atoms with Crippen molar-refractivity contribution >= 4 is 76.3 Å². The SMILES string of the molecule is c1ccc(-c2c(-c3c4ccccc4c(-c4cccc5c4c4ccccc4n5-c4ccccc4)c4ccccc34)oc3cc4c(cc23)oc2ccccc24)cc1. The van der Waals surface area contributed by atoms with Crippen LogP contribution < -0.4 is 0 Å². The van der Waals surface area contributed by atoms with E-state index in [1.54, 1.807) is 0 Å². The zero-order valence-corrected chi connectivity index (χ0v) is 29.7. The second kappa shape index (κ2) is 11.6. The zero-order chi connectivity index (χ0) is 36.0. The fraction of sp³-hybridized carbons (Fsp3) is 0. The minimum atomic E-state index is 0.837. The third kappa shape index (κ3) is 4.32. The number of hydrogen-bond donors (Lipinski definition) is 0. The monoisotopic (exact) mass is 701 g/mol. The van der Waals surface area contributed by atoms with Crippen LogP contribution in [0.1, 0.15) is 0 Å². The summed E-state index contributed by atoms with van der Waals surface area (Å²) in [4.78, 5) is 0. The molecule has 0 N–H and O–H groups in total. The molecule has 0 aliphatic rings. The van der Waals surface area contributed by atoms with E-state index >= 15 is 0 Å². The van der Waals surface area contributed by atoms with Crippen LogP contribution in [0.4, 0.5) is 0 Å². The van der Waals surface area contributed by atoms with Gasteiger partial charge in [0, 0.05) is 43.7 Å². The highest BCUT2D eigenvalue weighted by Crippen LogP contribution is 2.51. The molecular weight excluding hydrogens is 671 g/mol. The standard InChI is InChI=1S/C52H31NO2/c1-3-16-32(17-4-1)48-42-31-46-41(34-20-12-14-29-45(34)54-46)30-47(42)55-52(48)51-37-23-9-7-21-35(37)49(36-22-8-10-24-38(36)51)40-26-15-28-44-50(40)39-25-11-13-27-43(39)53(44)33-18-5-2-6-19-33/h1-31H. The summed E-state index contributed by atoms with van der Waals surface area (Å²) < 4.78 is 16.0. The van der Waals surface area contributed by atoms with Gasteiger partial charge in [-0.25, -0.2) is 0 Å². The minimum Gasteiger partial charge on any atom is -0.456 e. The summed E-state index contributed by atoms with van der Waals surface area (Å²) in [7, 11) is 0. The molecule has 0 fully saturated rings. The van der Waals surface area contributed by atoms with Gasteiger partial charge in [-0.05, 0) is 80.7 Å². The second-order valence-corrected chi connectivity index (χ2v) is 14.3. The van der Waals surface area contributed by atoms with E-state index in [4.69, 9.17) is 8.83 Å². The van der Waals surface area contributed by atoms with E-state index in [9.17, 15) is 0 Å². The van der Waals surface area contributed by atoms with Crippen molar-refractivity contribution in [1.29, 1.82) is 0 Å². The third-order valence-corrected chi connectivity index (χ3v) is 11.4. The van der Waals surface area contributed by atoms with E-state index in [1.165, 1.54) is 43.7 Å². The molecule has 256 valence electrons. The van der Waals surface area contributed by atoms with Crippen molar-refractivity contribution in [3.05, 3.63) is 188 Å². The van der Waals surface area contributed by atoms with Crippen molar-refractivity contribution < 1.29 is 8.83 Å². The molecule has 0 saturated carbocycles. The van der Waals surface area contributed by atoms with Gasteiger partial charge >= 0.3 is 0 Å². The molecule has 9 aromatic carbocycles. The Balaban J connectivity index is 1.21. The first-order valence-corrected chi connectivity index (χ1v) is 18.8. The van der Waals surface area contributed by atoms with E-state index in [-0.39, 0.29) is 0 Å². The van der Waals surface area contributed by atoms with Crippen LogP contribution in [0.15, 0.2) is 197 Å². The highest BCUT2D eigenvalue weighted by molar-refractivity contribution is 6.27. The van der Waals surface area contributed by atoms with Crippen LogP contribution in [0.25, 0.3) is 116 Å². The topological polar surface area (TPSA) is 31.2 Å². The first kappa shape index (κ1) is 30.1. The Hall–Kier alpha value is -7.36. The molecule has 3 nitrogen and oxygen atoms in total. The molecule has 0 amide bonds. The van der Waals surface area contributed by atoms with Crippen LogP contribution in [0.2, 0.25) is 0 Å². The number of para-hydroxylation sites is 3. The van der Waals surface area contributed by atoms with Crippen LogP contribution in [-0.4, -0.2) is 4.57 Å². The van der Waals surface area contributed by atoms with Gasteiger partial charge in [-0.1, -0.05) is 146 Å². The molecule has 3 heteroatoms. The summed E-state index contributed by atoms with van der Waals surface area (Å²) >= 11 is 0. The molecule has 0 aliphatic carbocycles. The predicted octanol–water partition coefficient (Wildman–Crippen LogP) is 14.7. The summed E-state index contributed by atoms with van der Waals surface area (Å²) in [5, 5.41) is 10.3. The maximum absolute atomic E-state index is 7.16. The van der Waals surface area contributed by atoms with Crippen molar-refractivity contribution in [2.24, 2.45) is 0 Å². The smallest absolute Gasteiger partial charge is 0.144 e. The molecule has 0 spiro atoms. The van der Waals surface area contributed by atoms with E-state index in [2.05, 4.69) is 180 Å². The fourth-order valence-corrected chi connectivity index (χ4v) is 9.13. The number of nitrogens with zero attached hydrogens (tertiary/aromatic N) is 1. The van der Waals surface area contributed by atoms with Crippen LogP contribution in [0.5, 0.6) is 0 Å². The number of benzene rings is 9. The lowest BCUT2D eigenvalue weighted by molar-refractivity contribution is 0.633. The first-order valence-electron chi connectivity index (χ1n) is 18.8. The summed E-state index contributed by atoms with van der Waals surface area (Å²) in [5.41, 5.74) is 11.8. The first-order chi connectivity index (χ1) is 27.3. The van der Waals surface area contributed by atoms with Gasteiger partial charge in [-0.2, -0.15) is 0 Å². The van der Waals surface area contributed by atoms with Gasteiger partial charge in [-0.15, -0.1) is 0 Å². The molecule has 0 unspecified atom stereocenters. The average molecular weight is 702 g/mol. The number of furan rings is 2. The van der Waals surface area contributed by atoms with Crippen LogP contribution in [0.3, 0.4) is 0 Å². The van der Waals surface area contributed by atoms with Crippen LogP contribution in [-0.2, 0) is 0 Å². The molecule has 3 heterocycles. The van der Waals surface area contributed by atoms with Gasteiger partial charge in [0.2, 0.25) is 0 Å². The molecule has 0 saturated heterocycles. The molecular formula is C52H31NO2. The zero-order valence-electron chi connectivity index (χ0n) is 29.7. The average Bonchev–Trinajstić information content (AvgIpc) is 3.91. The number of fused-ring (bicyclic) bond motifs is 9. The Morgan fingerprint density at radius 2 is 0.873 bits per heavy atom. The van der Waals surface area contributed by atoms with Crippen molar-refractivity contribution in [1.82, 2.24) is 4.57 Å². The molecule has 0 bridgehead atoms. The normalized spacial score (nSPS) is 12.0. The summed E-state index contributed by atoms with van der Waals surface area (Å²) in [5.74, 6) is 0.857. The Kier molecular flexibility index (Phi) is 6.34. The molecule has 0 atom stereocenters. The van der Waals surface area contributed by atoms with Crippen LogP contribution >= 0.6 is 0 Å². The predicted molar refractivity (Wildman–Crippen MR) is 229 cm³/mol. The lowest BCUT2D eigenvalue weighted by atomic mass is 9.85. The third-order valence-electron chi connectivity index (χ3n) is 11.4. The Morgan fingerprint density at radius 1 is 0.327 bits per heavy atom. The lowest BCUT2D eigenvalue weighted by Crippen LogP contribution is -1.94. The maximum Gasteiger partial charge on any atom is 0.144 e. The van der Waals surface area contributed by atoms with Crippen molar-refractivity contribution in [3.8, 4) is 39.3 Å². The van der Waals surface area contributed by atoms with E-state index in [0.717, 1.165) is 71.8 Å². The number of hydrogen-bond acceptors (Lipinski definition) is 2. The van der Waals surface area contributed by atoms with E-state index in [1.807, 2.05) is 12.1 Å². The Labute approximate surface area is 315 Å². The minimum absolute atomic E-state index is 0.837. The van der Waals surface area contributed by atoms with Crippen LogP contribution in [0, 0.1) is 0 Å². The van der Waals surface area contributed by atoms with Gasteiger partial charge in [0.25, 0.3) is 0 Å². The summed E-state index contributed by atoms with van der Waals surface area (Å²) in [6.45, 7) is 0. The molecule has 0 radical (unpaired) electrons. The molecule has 0 aliphatic heterocycles. The number of rotatable bonds is 4. The number of aromatic nitrogens is 1. The van der Waals surface area contributed by atoms with Crippen molar-refractivity contribution in [2.45, 2.75) is 0 Å². The van der Waals surface area contributed by atoms with E-state index < -0.39 is 0 Å². The molecule has 12 aromatic rings. The summed E-state index contributed by atoms with van der Waals surface area (Å²) in [6.07, 6.45) is 0. The highest BCUT2D eigenvalue weighted by Gasteiger charge is 2.26. The van der Waals surface area contributed by atoms with E-state index in [0.29, 0.717) is 0 Å². The van der Waals surface area contributed by atoms with Crippen molar-refractivity contribution in [3.63, 3.8) is 0 Å². The van der Waals surface area contributed by atoms with Gasteiger partial charge in [-0.3, -0.25) is 0 Å². The Bertz CT molecular complexity index is 3420. The fourth-order valence-electron chi connectivity index (χ4n) is 9.13. The highest BCUT2D eigenvalue weighted by atomic mass is 16.3. The van der Waals surface area contributed by atoms with Gasteiger partial charge < -0.3 is 13.4 Å². The molecule has 3 aromatic heterocycles. The lowest BCUT2D eigenvalue weighted by Gasteiger charge is -2.18. The largest absolute Gasteiger partial charge is 0.456 e. The van der Waals surface area contributed by atoms with Gasteiger partial charge in [0.05, 0.1) is 11.0 Å². The summed E-state index contributed by atoms with van der Waals surface area (Å²) in [6, 6.07) is 67.1. The van der Waals surface area contributed by atoms with Gasteiger partial charge in [0.15, 0.2) is 0 Å². The molecule has 12 rings (SSSR count). The molecule has 55 heavy (non-hydrogen) atoms. The maximum atomic E-state index is 7.16. The Morgan fingerprint density at radius 3 is 1.60 bits per heavy atom.